The Labute approximate surface area is 171 Å². The molecule has 7 heteroatoms. The zero-order chi connectivity index (χ0) is 20.4. The van der Waals surface area contributed by atoms with Gasteiger partial charge in [-0.05, 0) is 48.4 Å². The first-order valence-corrected chi connectivity index (χ1v) is 10.2. The van der Waals surface area contributed by atoms with E-state index in [0.29, 0.717) is 18.1 Å². The second-order valence-electron chi connectivity index (χ2n) is 8.00. The molecule has 2 aliphatic rings. The van der Waals surface area contributed by atoms with Gasteiger partial charge in [-0.15, -0.1) is 0 Å². The largest absolute Gasteiger partial charge is 0.497 e. The predicted octanol–water partition coefficient (Wildman–Crippen LogP) is 3.14. The third-order valence-electron chi connectivity index (χ3n) is 6.09. The van der Waals surface area contributed by atoms with Crippen LogP contribution in [0.25, 0.3) is 0 Å². The van der Waals surface area contributed by atoms with Gasteiger partial charge in [0.1, 0.15) is 24.0 Å². The summed E-state index contributed by atoms with van der Waals surface area (Å²) in [6, 6.07) is 7.95. The van der Waals surface area contributed by atoms with E-state index in [0.717, 1.165) is 30.6 Å². The molecule has 5 atom stereocenters. The van der Waals surface area contributed by atoms with Crippen molar-refractivity contribution >= 4 is 5.82 Å². The third-order valence-corrected chi connectivity index (χ3v) is 6.09. The number of anilines is 1. The predicted molar refractivity (Wildman–Crippen MR) is 109 cm³/mol. The Balaban J connectivity index is 1.54. The van der Waals surface area contributed by atoms with E-state index >= 15 is 0 Å². The number of aliphatic hydroxyl groups excluding tert-OH is 1. The number of aliphatic hydroxyl groups is 1. The molecule has 4 rings (SSSR count). The maximum Gasteiger partial charge on any atom is 0.218 e. The van der Waals surface area contributed by atoms with Crippen LogP contribution in [0.15, 0.2) is 30.6 Å². The maximum absolute atomic E-state index is 9.96. The van der Waals surface area contributed by atoms with Crippen molar-refractivity contribution < 1.29 is 19.3 Å². The van der Waals surface area contributed by atoms with Crippen molar-refractivity contribution in [2.75, 3.05) is 19.5 Å². The first-order valence-electron chi connectivity index (χ1n) is 10.2. The highest BCUT2D eigenvalue weighted by atomic mass is 16.5. The minimum atomic E-state index is -0.310. The van der Waals surface area contributed by atoms with Gasteiger partial charge in [0.05, 0.1) is 25.4 Å². The molecule has 0 radical (unpaired) electrons. The number of aromatic nitrogens is 2. The number of aryl methyl sites for hydroxylation is 1. The van der Waals surface area contributed by atoms with Crippen molar-refractivity contribution in [3.05, 3.63) is 41.7 Å². The molecule has 156 valence electrons. The summed E-state index contributed by atoms with van der Waals surface area (Å²) in [4.78, 5) is 8.63. The van der Waals surface area contributed by atoms with Crippen molar-refractivity contribution in [1.29, 1.82) is 0 Å². The SMILES string of the molecule is COc1ccc2c(c1)[C@@H](Nc1cc(O[C@@H]3C[C@H](C)[C@@H](O)C3)ncn1)[C@@H](OC)CC2. The summed E-state index contributed by atoms with van der Waals surface area (Å²) in [6.45, 7) is 2.04. The van der Waals surface area contributed by atoms with Crippen LogP contribution in [-0.4, -0.2) is 47.6 Å². The second kappa shape index (κ2) is 8.55. The van der Waals surface area contributed by atoms with Crippen LogP contribution in [0.4, 0.5) is 5.82 Å². The maximum atomic E-state index is 9.96. The highest BCUT2D eigenvalue weighted by Gasteiger charge is 2.32. The van der Waals surface area contributed by atoms with Crippen LogP contribution >= 0.6 is 0 Å². The van der Waals surface area contributed by atoms with Gasteiger partial charge in [-0.3, -0.25) is 0 Å². The molecular formula is C22H29N3O4. The van der Waals surface area contributed by atoms with Gasteiger partial charge in [-0.1, -0.05) is 13.0 Å². The smallest absolute Gasteiger partial charge is 0.218 e. The minimum Gasteiger partial charge on any atom is -0.497 e. The van der Waals surface area contributed by atoms with Gasteiger partial charge in [0.15, 0.2) is 0 Å². The van der Waals surface area contributed by atoms with E-state index in [2.05, 4.69) is 27.4 Å². The van der Waals surface area contributed by atoms with Gasteiger partial charge in [-0.2, -0.15) is 0 Å². The van der Waals surface area contributed by atoms with E-state index in [1.165, 1.54) is 11.9 Å². The van der Waals surface area contributed by atoms with Crippen molar-refractivity contribution in [2.24, 2.45) is 5.92 Å². The number of benzene rings is 1. The molecule has 0 aliphatic heterocycles. The van der Waals surface area contributed by atoms with E-state index in [1.807, 2.05) is 19.1 Å². The average Bonchev–Trinajstić information content (AvgIpc) is 3.05. The van der Waals surface area contributed by atoms with Crippen LogP contribution in [0.2, 0.25) is 0 Å². The van der Waals surface area contributed by atoms with E-state index in [4.69, 9.17) is 14.2 Å². The number of fused-ring (bicyclic) bond motifs is 1. The van der Waals surface area contributed by atoms with Crippen LogP contribution < -0.4 is 14.8 Å². The Morgan fingerprint density at radius 2 is 2.00 bits per heavy atom. The fourth-order valence-electron chi connectivity index (χ4n) is 4.39. The fraction of sp³-hybridized carbons (Fsp3) is 0.545. The molecule has 2 aliphatic carbocycles. The second-order valence-corrected chi connectivity index (χ2v) is 8.00. The molecular weight excluding hydrogens is 370 g/mol. The van der Waals surface area contributed by atoms with Gasteiger partial charge >= 0.3 is 0 Å². The zero-order valence-electron chi connectivity index (χ0n) is 17.2. The third kappa shape index (κ3) is 4.31. The Hall–Kier alpha value is -2.38. The number of nitrogens with zero attached hydrogens (tertiary/aromatic N) is 2. The van der Waals surface area contributed by atoms with Crippen molar-refractivity contribution in [1.82, 2.24) is 9.97 Å². The first kappa shape index (κ1) is 19.9. The Kier molecular flexibility index (Phi) is 5.87. The molecule has 29 heavy (non-hydrogen) atoms. The molecule has 7 nitrogen and oxygen atoms in total. The quantitative estimate of drug-likeness (QED) is 0.772. The van der Waals surface area contributed by atoms with Crippen LogP contribution in [-0.2, 0) is 11.2 Å². The van der Waals surface area contributed by atoms with Gasteiger partial charge in [-0.25, -0.2) is 9.97 Å². The van der Waals surface area contributed by atoms with E-state index < -0.39 is 0 Å². The summed E-state index contributed by atoms with van der Waals surface area (Å²) in [6.07, 6.45) is 4.56. The topological polar surface area (TPSA) is 85.7 Å². The average molecular weight is 399 g/mol. The molecule has 1 fully saturated rings. The number of rotatable bonds is 6. The molecule has 0 saturated heterocycles. The standard InChI is InChI=1S/C22H29N3O4/c1-13-8-16(10-18(13)26)29-21-11-20(23-12-24-21)25-22-17-9-15(27-2)6-4-14(17)5-7-19(22)28-3/h4,6,9,11-13,16,18-19,22,26H,5,7-8,10H2,1-3H3,(H,23,24,25)/t13-,16+,18-,19-,22+/m0/s1. The molecule has 1 aromatic carbocycles. The molecule has 2 N–H and O–H groups in total. The molecule has 1 heterocycles. The summed E-state index contributed by atoms with van der Waals surface area (Å²) in [5, 5.41) is 13.5. The summed E-state index contributed by atoms with van der Waals surface area (Å²) < 4.78 is 17.2. The zero-order valence-corrected chi connectivity index (χ0v) is 17.2. The van der Waals surface area contributed by atoms with E-state index in [9.17, 15) is 5.11 Å². The van der Waals surface area contributed by atoms with E-state index in [1.54, 1.807) is 14.2 Å². The van der Waals surface area contributed by atoms with Crippen molar-refractivity contribution in [3.63, 3.8) is 0 Å². The van der Waals surface area contributed by atoms with Crippen LogP contribution in [0, 0.1) is 5.92 Å². The van der Waals surface area contributed by atoms with Crippen LogP contribution in [0.5, 0.6) is 11.6 Å². The molecule has 0 bridgehead atoms. The number of hydrogen-bond acceptors (Lipinski definition) is 7. The lowest BCUT2D eigenvalue weighted by atomic mass is 9.85. The lowest BCUT2D eigenvalue weighted by Crippen LogP contribution is -2.32. The van der Waals surface area contributed by atoms with Crippen LogP contribution in [0.1, 0.15) is 43.4 Å². The number of ether oxygens (including phenoxy) is 3. The highest BCUT2D eigenvalue weighted by Crippen LogP contribution is 2.36. The van der Waals surface area contributed by atoms with E-state index in [-0.39, 0.29) is 30.3 Å². The summed E-state index contributed by atoms with van der Waals surface area (Å²) in [7, 11) is 3.42. The number of hydrogen-bond donors (Lipinski definition) is 2. The van der Waals surface area contributed by atoms with Gasteiger partial charge in [0, 0.05) is 19.6 Å². The Morgan fingerprint density at radius 3 is 2.72 bits per heavy atom. The first-order chi connectivity index (χ1) is 14.1. The molecule has 1 saturated carbocycles. The summed E-state index contributed by atoms with van der Waals surface area (Å²) in [5.74, 6) is 2.28. The molecule has 0 spiro atoms. The summed E-state index contributed by atoms with van der Waals surface area (Å²) in [5.41, 5.74) is 2.45. The Bertz CT molecular complexity index is 837. The molecule has 0 amide bonds. The highest BCUT2D eigenvalue weighted by molar-refractivity contribution is 5.47. The minimum absolute atomic E-state index is 0.0193. The molecule has 2 aromatic rings. The molecule has 0 unspecified atom stereocenters. The number of methoxy groups -OCH3 is 2. The summed E-state index contributed by atoms with van der Waals surface area (Å²) >= 11 is 0. The Morgan fingerprint density at radius 1 is 1.14 bits per heavy atom. The lowest BCUT2D eigenvalue weighted by molar-refractivity contribution is 0.0734. The van der Waals surface area contributed by atoms with Gasteiger partial charge in [0.2, 0.25) is 5.88 Å². The molecule has 1 aromatic heterocycles. The number of nitrogens with one attached hydrogen (secondary N) is 1. The van der Waals surface area contributed by atoms with Crippen molar-refractivity contribution in [3.8, 4) is 11.6 Å². The van der Waals surface area contributed by atoms with Crippen LogP contribution in [0.3, 0.4) is 0 Å². The monoisotopic (exact) mass is 399 g/mol. The van der Waals surface area contributed by atoms with Gasteiger partial charge < -0.3 is 24.6 Å². The lowest BCUT2D eigenvalue weighted by Gasteiger charge is -2.33. The fourth-order valence-corrected chi connectivity index (χ4v) is 4.39. The normalized spacial score (nSPS) is 28.6. The van der Waals surface area contributed by atoms with Gasteiger partial charge in [0.25, 0.3) is 0 Å². The van der Waals surface area contributed by atoms with Crippen molar-refractivity contribution in [2.45, 2.75) is 57.0 Å².